The van der Waals surface area contributed by atoms with E-state index in [4.69, 9.17) is 4.74 Å². The Labute approximate surface area is 228 Å². The monoisotopic (exact) mass is 510 g/mol. The summed E-state index contributed by atoms with van der Waals surface area (Å²) in [7, 11) is 0. The summed E-state index contributed by atoms with van der Waals surface area (Å²) in [6, 6.07) is 25.8. The lowest BCUT2D eigenvalue weighted by Crippen LogP contribution is -2.47. The number of ether oxygens (including phenoxy) is 1. The summed E-state index contributed by atoms with van der Waals surface area (Å²) in [5.41, 5.74) is 5.98. The van der Waals surface area contributed by atoms with Crippen molar-refractivity contribution >= 4 is 11.7 Å². The third kappa shape index (κ3) is 6.40. The van der Waals surface area contributed by atoms with E-state index in [1.807, 2.05) is 24.0 Å². The number of nitrogens with one attached hydrogen (secondary N) is 1. The Kier molecular flexibility index (Phi) is 8.68. The van der Waals surface area contributed by atoms with E-state index in [1.54, 1.807) is 0 Å². The fraction of sp³-hybridized carbons (Fsp3) is 0.441. The second kappa shape index (κ2) is 12.5. The zero-order valence-electron chi connectivity index (χ0n) is 23.0. The number of unbranched alkanes of at least 4 members (excludes halogenated alkanes) is 1. The average molecular weight is 511 g/mol. The minimum atomic E-state index is -0.0535. The maximum Gasteiger partial charge on any atom is 0.322 e. The van der Waals surface area contributed by atoms with E-state index < -0.39 is 0 Å². The van der Waals surface area contributed by atoms with Gasteiger partial charge in [-0.25, -0.2) is 4.79 Å². The molecular weight excluding hydrogens is 468 g/mol. The molecule has 1 saturated carbocycles. The van der Waals surface area contributed by atoms with E-state index in [0.29, 0.717) is 19.0 Å². The quantitative estimate of drug-likeness (QED) is 0.309. The van der Waals surface area contributed by atoms with Crippen LogP contribution in [0.2, 0.25) is 0 Å². The standard InChI is InChI=1S/C34H42N2O2/c1-3-26-12-14-28(15-13-26)29-16-18-30(19-17-29)31-20-21-32-33(23-31)38-25(2)24-36(32)34(37)35-22-8-7-11-27-9-5-4-6-10-27/h4-6,9-10,16-21,23,25-26,28H,3,7-8,11-15,22,24H2,1-2H3,(H,35,37). The van der Waals surface area contributed by atoms with E-state index in [0.717, 1.165) is 42.2 Å². The first-order valence-corrected chi connectivity index (χ1v) is 14.6. The number of carbonyl (C=O) groups is 1. The van der Waals surface area contributed by atoms with Gasteiger partial charge in [0.15, 0.2) is 0 Å². The number of nitrogens with zero attached hydrogens (tertiary/aromatic N) is 1. The third-order valence-corrected chi connectivity index (χ3v) is 8.41. The molecule has 4 nitrogen and oxygen atoms in total. The van der Waals surface area contributed by atoms with E-state index >= 15 is 0 Å². The van der Waals surface area contributed by atoms with E-state index in [1.165, 1.54) is 48.8 Å². The predicted octanol–water partition coefficient (Wildman–Crippen LogP) is 8.36. The Morgan fingerprint density at radius 2 is 1.66 bits per heavy atom. The zero-order chi connectivity index (χ0) is 26.3. The number of rotatable bonds is 8. The van der Waals surface area contributed by atoms with Crippen LogP contribution >= 0.6 is 0 Å². The van der Waals surface area contributed by atoms with Crippen molar-refractivity contribution in [3.8, 4) is 16.9 Å². The first kappa shape index (κ1) is 26.3. The number of aryl methyl sites for hydroxylation is 1. The lowest BCUT2D eigenvalue weighted by Gasteiger charge is -2.33. The van der Waals surface area contributed by atoms with Gasteiger partial charge in [0, 0.05) is 6.54 Å². The van der Waals surface area contributed by atoms with Crippen LogP contribution in [0.3, 0.4) is 0 Å². The lowest BCUT2D eigenvalue weighted by molar-refractivity contribution is 0.205. The molecule has 0 saturated heterocycles. The second-order valence-corrected chi connectivity index (χ2v) is 11.1. The predicted molar refractivity (Wildman–Crippen MR) is 157 cm³/mol. The Balaban J connectivity index is 1.19. The summed E-state index contributed by atoms with van der Waals surface area (Å²) in [5, 5.41) is 3.12. The molecule has 3 aromatic carbocycles. The summed E-state index contributed by atoms with van der Waals surface area (Å²) in [5.74, 6) is 2.40. The van der Waals surface area contributed by atoms with Crippen LogP contribution in [0, 0.1) is 5.92 Å². The number of carbonyl (C=O) groups excluding carboxylic acids is 1. The Morgan fingerprint density at radius 3 is 2.39 bits per heavy atom. The van der Waals surface area contributed by atoms with Crippen molar-refractivity contribution in [1.82, 2.24) is 5.32 Å². The van der Waals surface area contributed by atoms with E-state index in [-0.39, 0.29) is 12.1 Å². The highest BCUT2D eigenvalue weighted by Crippen LogP contribution is 2.39. The third-order valence-electron chi connectivity index (χ3n) is 8.41. The summed E-state index contributed by atoms with van der Waals surface area (Å²) < 4.78 is 6.18. The highest BCUT2D eigenvalue weighted by atomic mass is 16.5. The van der Waals surface area contributed by atoms with Crippen molar-refractivity contribution in [3.05, 3.63) is 83.9 Å². The van der Waals surface area contributed by atoms with Crippen molar-refractivity contribution in [2.75, 3.05) is 18.0 Å². The Bertz CT molecular complexity index is 1180. The van der Waals surface area contributed by atoms with Crippen molar-refractivity contribution in [1.29, 1.82) is 0 Å². The van der Waals surface area contributed by atoms with Gasteiger partial charge >= 0.3 is 6.03 Å². The summed E-state index contributed by atoms with van der Waals surface area (Å²) in [6.45, 7) is 5.58. The van der Waals surface area contributed by atoms with Gasteiger partial charge in [0.25, 0.3) is 0 Å². The van der Waals surface area contributed by atoms with Crippen LogP contribution in [0.5, 0.6) is 5.75 Å². The molecule has 3 aromatic rings. The van der Waals surface area contributed by atoms with Crippen molar-refractivity contribution < 1.29 is 9.53 Å². The molecule has 200 valence electrons. The molecule has 2 amide bonds. The van der Waals surface area contributed by atoms with Crippen LogP contribution < -0.4 is 15.0 Å². The summed E-state index contributed by atoms with van der Waals surface area (Å²) in [6.07, 6.45) is 9.67. The van der Waals surface area contributed by atoms with Crippen LogP contribution in [0.1, 0.15) is 75.8 Å². The van der Waals surface area contributed by atoms with Crippen molar-refractivity contribution in [3.63, 3.8) is 0 Å². The molecule has 1 fully saturated rings. The average Bonchev–Trinajstić information content (AvgIpc) is 2.97. The molecular formula is C34H42N2O2. The minimum Gasteiger partial charge on any atom is -0.487 e. The van der Waals surface area contributed by atoms with Crippen LogP contribution in [0.15, 0.2) is 72.8 Å². The first-order valence-electron chi connectivity index (χ1n) is 14.6. The number of hydrogen-bond donors (Lipinski definition) is 1. The van der Waals surface area contributed by atoms with Crippen molar-refractivity contribution in [2.45, 2.75) is 77.2 Å². The molecule has 1 aliphatic carbocycles. The molecule has 2 aliphatic rings. The molecule has 1 heterocycles. The van der Waals surface area contributed by atoms with Crippen LogP contribution in [0.4, 0.5) is 10.5 Å². The minimum absolute atomic E-state index is 0.0454. The molecule has 0 bridgehead atoms. The molecule has 1 aliphatic heterocycles. The molecule has 1 unspecified atom stereocenters. The summed E-state index contributed by atoms with van der Waals surface area (Å²) in [4.78, 5) is 14.9. The van der Waals surface area contributed by atoms with Gasteiger partial charge in [-0.2, -0.15) is 0 Å². The number of anilines is 1. The normalized spacial score (nSPS) is 20.9. The largest absolute Gasteiger partial charge is 0.487 e. The van der Waals surface area contributed by atoms with Gasteiger partial charge in [-0.3, -0.25) is 4.90 Å². The number of amides is 2. The second-order valence-electron chi connectivity index (χ2n) is 11.1. The van der Waals surface area contributed by atoms with Crippen LogP contribution in [-0.2, 0) is 6.42 Å². The molecule has 0 spiro atoms. The van der Waals surface area contributed by atoms with Gasteiger partial charge in [0.05, 0.1) is 12.2 Å². The van der Waals surface area contributed by atoms with Crippen LogP contribution in [0.25, 0.3) is 11.1 Å². The van der Waals surface area contributed by atoms with Gasteiger partial charge in [-0.05, 0) is 98.1 Å². The Hall–Kier alpha value is -3.27. The number of hydrogen-bond acceptors (Lipinski definition) is 2. The van der Waals surface area contributed by atoms with E-state index in [2.05, 4.69) is 72.9 Å². The maximum atomic E-state index is 13.1. The Morgan fingerprint density at radius 1 is 0.921 bits per heavy atom. The molecule has 1 N–H and O–H groups in total. The molecule has 5 rings (SSSR count). The highest BCUT2D eigenvalue weighted by molar-refractivity contribution is 5.94. The molecule has 4 heteroatoms. The maximum absolute atomic E-state index is 13.1. The molecule has 0 radical (unpaired) electrons. The first-order chi connectivity index (χ1) is 18.6. The molecule has 38 heavy (non-hydrogen) atoms. The topological polar surface area (TPSA) is 41.6 Å². The van der Waals surface area contributed by atoms with Crippen molar-refractivity contribution in [2.24, 2.45) is 5.92 Å². The lowest BCUT2D eigenvalue weighted by atomic mass is 9.77. The van der Waals surface area contributed by atoms with Crippen LogP contribution in [-0.4, -0.2) is 25.2 Å². The van der Waals surface area contributed by atoms with Gasteiger partial charge in [-0.1, -0.05) is 74.0 Å². The fourth-order valence-corrected chi connectivity index (χ4v) is 6.05. The van der Waals surface area contributed by atoms with Gasteiger partial charge < -0.3 is 10.1 Å². The molecule has 1 atom stereocenters. The smallest absolute Gasteiger partial charge is 0.322 e. The van der Waals surface area contributed by atoms with Gasteiger partial charge in [0.1, 0.15) is 11.9 Å². The summed E-state index contributed by atoms with van der Waals surface area (Å²) >= 11 is 0. The zero-order valence-corrected chi connectivity index (χ0v) is 23.0. The van der Waals surface area contributed by atoms with Gasteiger partial charge in [-0.15, -0.1) is 0 Å². The number of benzene rings is 3. The highest BCUT2D eigenvalue weighted by Gasteiger charge is 2.28. The fourth-order valence-electron chi connectivity index (χ4n) is 6.05. The van der Waals surface area contributed by atoms with E-state index in [9.17, 15) is 4.79 Å². The number of fused-ring (bicyclic) bond motifs is 1. The molecule has 0 aromatic heterocycles. The SMILES string of the molecule is CCC1CCC(c2ccc(-c3ccc4c(c3)OC(C)CN4C(=O)NCCCCc3ccccc3)cc2)CC1. The van der Waals surface area contributed by atoms with Gasteiger partial charge in [0.2, 0.25) is 0 Å². The number of urea groups is 1.